The number of anilines is 1. The molecule has 1 atom stereocenters. The van der Waals surface area contributed by atoms with Gasteiger partial charge in [-0.3, -0.25) is 5.10 Å². The van der Waals surface area contributed by atoms with E-state index in [1.165, 1.54) is 31.3 Å². The predicted molar refractivity (Wildman–Crippen MR) is 81.1 cm³/mol. The van der Waals surface area contributed by atoms with Gasteiger partial charge >= 0.3 is 0 Å². The van der Waals surface area contributed by atoms with Crippen molar-refractivity contribution in [2.45, 2.75) is 35.4 Å². The van der Waals surface area contributed by atoms with Crippen molar-refractivity contribution in [3.63, 3.8) is 0 Å². The summed E-state index contributed by atoms with van der Waals surface area (Å²) in [5, 5.41) is 14.6. The quantitative estimate of drug-likeness (QED) is 0.807. The molecule has 0 radical (unpaired) electrons. The van der Waals surface area contributed by atoms with Crippen LogP contribution in [0.4, 0.5) is 5.69 Å². The molecule has 1 aliphatic rings. The summed E-state index contributed by atoms with van der Waals surface area (Å²) in [5.74, 6) is 0. The van der Waals surface area contributed by atoms with E-state index in [0.717, 1.165) is 23.1 Å². The Labute approximate surface area is 123 Å². The molecule has 6 heteroatoms. The fourth-order valence-corrected chi connectivity index (χ4v) is 3.07. The molecule has 1 fully saturated rings. The Bertz CT molecular complexity index is 503. The molecule has 0 bridgehead atoms. The SMILES string of the molecule is c1n[nH]c(Sc2ccc(NC3CCCNCC3)cc2)n1. The molecule has 3 rings (SSSR count). The first-order chi connectivity index (χ1) is 9.90. The van der Waals surface area contributed by atoms with Gasteiger partial charge in [0.2, 0.25) is 0 Å². The zero-order valence-electron chi connectivity index (χ0n) is 11.3. The van der Waals surface area contributed by atoms with E-state index < -0.39 is 0 Å². The van der Waals surface area contributed by atoms with Gasteiger partial charge in [0.1, 0.15) is 6.33 Å². The highest BCUT2D eigenvalue weighted by molar-refractivity contribution is 7.99. The second kappa shape index (κ2) is 6.76. The molecule has 3 N–H and O–H groups in total. The van der Waals surface area contributed by atoms with Crippen LogP contribution in [-0.4, -0.2) is 34.3 Å². The number of aromatic nitrogens is 3. The van der Waals surface area contributed by atoms with E-state index in [-0.39, 0.29) is 0 Å². The van der Waals surface area contributed by atoms with Gasteiger partial charge in [-0.1, -0.05) is 11.8 Å². The van der Waals surface area contributed by atoms with Crippen LogP contribution in [-0.2, 0) is 0 Å². The molecule has 20 heavy (non-hydrogen) atoms. The number of nitrogens with one attached hydrogen (secondary N) is 3. The van der Waals surface area contributed by atoms with Crippen molar-refractivity contribution in [2.75, 3.05) is 18.4 Å². The van der Waals surface area contributed by atoms with E-state index in [4.69, 9.17) is 0 Å². The minimum atomic E-state index is 0.581. The molecule has 0 saturated carbocycles. The minimum absolute atomic E-state index is 0.581. The zero-order chi connectivity index (χ0) is 13.6. The van der Waals surface area contributed by atoms with Crippen LogP contribution in [0.15, 0.2) is 40.6 Å². The lowest BCUT2D eigenvalue weighted by Gasteiger charge is -2.17. The summed E-state index contributed by atoms with van der Waals surface area (Å²) >= 11 is 1.59. The summed E-state index contributed by atoms with van der Waals surface area (Å²) in [6.45, 7) is 2.25. The molecule has 1 aliphatic heterocycles. The van der Waals surface area contributed by atoms with Gasteiger partial charge in [-0.05, 0) is 56.6 Å². The Morgan fingerprint density at radius 1 is 1.15 bits per heavy atom. The highest BCUT2D eigenvalue weighted by atomic mass is 32.2. The van der Waals surface area contributed by atoms with Crippen LogP contribution in [0.2, 0.25) is 0 Å². The maximum atomic E-state index is 4.11. The summed E-state index contributed by atoms with van der Waals surface area (Å²) in [6.07, 6.45) is 5.20. The molecule has 0 spiro atoms. The lowest BCUT2D eigenvalue weighted by atomic mass is 10.1. The van der Waals surface area contributed by atoms with Crippen molar-refractivity contribution in [1.29, 1.82) is 0 Å². The Kier molecular flexibility index (Phi) is 4.55. The summed E-state index contributed by atoms with van der Waals surface area (Å²) in [7, 11) is 0. The second-order valence-corrected chi connectivity index (χ2v) is 6.00. The number of benzene rings is 1. The molecular formula is C14H19N5S. The van der Waals surface area contributed by atoms with Crippen molar-refractivity contribution < 1.29 is 0 Å². The lowest BCUT2D eigenvalue weighted by molar-refractivity contribution is 0.637. The number of hydrogen-bond donors (Lipinski definition) is 3. The van der Waals surface area contributed by atoms with Gasteiger partial charge < -0.3 is 10.6 Å². The molecule has 0 aliphatic carbocycles. The predicted octanol–water partition coefficient (Wildman–Crippen LogP) is 2.51. The maximum Gasteiger partial charge on any atom is 0.188 e. The van der Waals surface area contributed by atoms with Gasteiger partial charge in [0, 0.05) is 16.6 Å². The van der Waals surface area contributed by atoms with Crippen LogP contribution in [0.5, 0.6) is 0 Å². The Hall–Kier alpha value is -1.53. The van der Waals surface area contributed by atoms with Crippen LogP contribution in [0, 0.1) is 0 Å². The zero-order valence-corrected chi connectivity index (χ0v) is 12.1. The average molecular weight is 289 g/mol. The summed E-state index contributed by atoms with van der Waals surface area (Å²) in [4.78, 5) is 5.27. The molecule has 1 unspecified atom stereocenters. The first-order valence-corrected chi connectivity index (χ1v) is 7.82. The fourth-order valence-electron chi connectivity index (χ4n) is 2.37. The topological polar surface area (TPSA) is 65.6 Å². The van der Waals surface area contributed by atoms with Gasteiger partial charge in [0.05, 0.1) is 0 Å². The van der Waals surface area contributed by atoms with Crippen LogP contribution >= 0.6 is 11.8 Å². The third kappa shape index (κ3) is 3.74. The van der Waals surface area contributed by atoms with Crippen molar-refractivity contribution >= 4 is 17.4 Å². The third-order valence-electron chi connectivity index (χ3n) is 3.41. The van der Waals surface area contributed by atoms with E-state index in [1.54, 1.807) is 11.8 Å². The summed E-state index contributed by atoms with van der Waals surface area (Å²) in [5.41, 5.74) is 1.19. The Morgan fingerprint density at radius 2 is 2.05 bits per heavy atom. The molecule has 2 aromatic rings. The third-order valence-corrected chi connectivity index (χ3v) is 4.31. The smallest absolute Gasteiger partial charge is 0.188 e. The number of rotatable bonds is 4. The molecule has 1 aromatic heterocycles. The van der Waals surface area contributed by atoms with Crippen LogP contribution in [0.25, 0.3) is 0 Å². The minimum Gasteiger partial charge on any atom is -0.382 e. The fraction of sp³-hybridized carbons (Fsp3) is 0.429. The number of nitrogens with zero attached hydrogens (tertiary/aromatic N) is 2. The van der Waals surface area contributed by atoms with E-state index >= 15 is 0 Å². The molecular weight excluding hydrogens is 270 g/mol. The van der Waals surface area contributed by atoms with Gasteiger partial charge in [0.25, 0.3) is 0 Å². The molecule has 106 valence electrons. The number of hydrogen-bond acceptors (Lipinski definition) is 5. The van der Waals surface area contributed by atoms with Crippen LogP contribution in [0.1, 0.15) is 19.3 Å². The molecule has 5 nitrogen and oxygen atoms in total. The van der Waals surface area contributed by atoms with Crippen molar-refractivity contribution in [2.24, 2.45) is 0 Å². The highest BCUT2D eigenvalue weighted by Gasteiger charge is 2.11. The second-order valence-electron chi connectivity index (χ2n) is 4.94. The first kappa shape index (κ1) is 13.5. The standard InChI is InChI=1S/C14H19N5S/c1-2-11(7-9-15-8-1)18-12-3-5-13(6-4-12)20-14-16-10-17-19-14/h3-6,10-11,15,18H,1-2,7-9H2,(H,16,17,19). The van der Waals surface area contributed by atoms with Gasteiger partial charge in [0.15, 0.2) is 5.16 Å². The normalized spacial score (nSPS) is 19.5. The van der Waals surface area contributed by atoms with Gasteiger partial charge in [-0.15, -0.1) is 0 Å². The maximum absolute atomic E-state index is 4.11. The number of aromatic amines is 1. The highest BCUT2D eigenvalue weighted by Crippen LogP contribution is 2.25. The van der Waals surface area contributed by atoms with Crippen molar-refractivity contribution in [3.8, 4) is 0 Å². The largest absolute Gasteiger partial charge is 0.382 e. The Balaban J connectivity index is 1.58. The Morgan fingerprint density at radius 3 is 2.85 bits per heavy atom. The lowest BCUT2D eigenvalue weighted by Crippen LogP contribution is -2.21. The summed E-state index contributed by atoms with van der Waals surface area (Å²) < 4.78 is 0. The molecule has 0 amide bonds. The average Bonchev–Trinajstić information content (AvgIpc) is 2.84. The molecule has 2 heterocycles. The first-order valence-electron chi connectivity index (χ1n) is 7.01. The van der Waals surface area contributed by atoms with Gasteiger partial charge in [-0.25, -0.2) is 4.98 Å². The van der Waals surface area contributed by atoms with E-state index in [1.807, 2.05) is 0 Å². The van der Waals surface area contributed by atoms with Crippen molar-refractivity contribution in [1.82, 2.24) is 20.5 Å². The monoisotopic (exact) mass is 289 g/mol. The van der Waals surface area contributed by atoms with E-state index in [9.17, 15) is 0 Å². The van der Waals surface area contributed by atoms with Crippen LogP contribution in [0.3, 0.4) is 0 Å². The molecule has 1 saturated heterocycles. The number of H-pyrrole nitrogens is 1. The van der Waals surface area contributed by atoms with Crippen molar-refractivity contribution in [3.05, 3.63) is 30.6 Å². The summed E-state index contributed by atoms with van der Waals surface area (Å²) in [6, 6.07) is 9.08. The molecule has 1 aromatic carbocycles. The van der Waals surface area contributed by atoms with E-state index in [2.05, 4.69) is 50.1 Å². The van der Waals surface area contributed by atoms with E-state index in [0.29, 0.717) is 6.04 Å². The van der Waals surface area contributed by atoms with Gasteiger partial charge in [-0.2, -0.15) is 5.10 Å². The van der Waals surface area contributed by atoms with Crippen LogP contribution < -0.4 is 10.6 Å².